The summed E-state index contributed by atoms with van der Waals surface area (Å²) in [7, 11) is 0. The van der Waals surface area contributed by atoms with Crippen molar-refractivity contribution in [3.8, 4) is 10.7 Å². The molecule has 0 aliphatic carbocycles. The Morgan fingerprint density at radius 1 is 1.26 bits per heavy atom. The number of hydrogen-bond acceptors (Lipinski definition) is 5. The van der Waals surface area contributed by atoms with E-state index < -0.39 is 0 Å². The summed E-state index contributed by atoms with van der Waals surface area (Å²) in [6, 6.07) is 5.65. The summed E-state index contributed by atoms with van der Waals surface area (Å²) in [4.78, 5) is 8.87. The van der Waals surface area contributed by atoms with Crippen LogP contribution in [0.1, 0.15) is 26.5 Å². The quantitative estimate of drug-likeness (QED) is 0.668. The van der Waals surface area contributed by atoms with E-state index in [4.69, 9.17) is 5.73 Å². The minimum Gasteiger partial charge on any atom is -0.399 e. The van der Waals surface area contributed by atoms with Gasteiger partial charge in [-0.05, 0) is 29.7 Å². The Balaban J connectivity index is 2.17. The second-order valence-corrected chi connectivity index (χ2v) is 6.32. The summed E-state index contributed by atoms with van der Waals surface area (Å²) in [5.41, 5.74) is 9.25. The molecule has 2 heterocycles. The van der Waals surface area contributed by atoms with E-state index in [1.807, 2.05) is 18.2 Å². The molecule has 0 saturated heterocycles. The van der Waals surface area contributed by atoms with E-state index in [2.05, 4.69) is 40.3 Å². The lowest BCUT2D eigenvalue weighted by atomic mass is 9.91. The van der Waals surface area contributed by atoms with Gasteiger partial charge < -0.3 is 10.7 Å². The van der Waals surface area contributed by atoms with E-state index in [-0.39, 0.29) is 5.41 Å². The Labute approximate surface area is 115 Å². The van der Waals surface area contributed by atoms with Crippen LogP contribution in [0.5, 0.6) is 0 Å². The summed E-state index contributed by atoms with van der Waals surface area (Å²) in [5, 5.41) is 4.24. The SMILES string of the molecule is CC(C)(C)c1nnsc1-c1nc2ccc(N)cc2[nH]1. The molecule has 3 N–H and O–H groups in total. The summed E-state index contributed by atoms with van der Waals surface area (Å²) < 4.78 is 4.06. The highest BCUT2D eigenvalue weighted by atomic mass is 32.1. The average Bonchev–Trinajstić information content (AvgIpc) is 2.92. The van der Waals surface area contributed by atoms with E-state index in [9.17, 15) is 0 Å². The van der Waals surface area contributed by atoms with Crippen LogP contribution in [0.15, 0.2) is 18.2 Å². The van der Waals surface area contributed by atoms with Crippen LogP contribution in [0.25, 0.3) is 21.7 Å². The first-order valence-corrected chi connectivity index (χ1v) is 6.81. The minimum absolute atomic E-state index is 0.0552. The number of nitrogens with zero attached hydrogens (tertiary/aromatic N) is 3. The van der Waals surface area contributed by atoms with Gasteiger partial charge in [0.1, 0.15) is 4.88 Å². The van der Waals surface area contributed by atoms with Crippen molar-refractivity contribution in [2.45, 2.75) is 26.2 Å². The van der Waals surface area contributed by atoms with E-state index >= 15 is 0 Å². The normalized spacial score (nSPS) is 12.2. The van der Waals surface area contributed by atoms with E-state index in [0.717, 1.165) is 33.1 Å². The molecule has 6 heteroatoms. The van der Waals surface area contributed by atoms with Gasteiger partial charge in [0, 0.05) is 11.1 Å². The molecule has 0 aliphatic rings. The Kier molecular flexibility index (Phi) is 2.56. The third-order valence-electron chi connectivity index (χ3n) is 2.92. The van der Waals surface area contributed by atoms with Crippen molar-refractivity contribution in [1.82, 2.24) is 19.6 Å². The number of aromatic nitrogens is 4. The van der Waals surface area contributed by atoms with Gasteiger partial charge >= 0.3 is 0 Å². The standard InChI is InChI=1S/C13H15N5S/c1-13(2,3)11-10(19-18-17-11)12-15-8-5-4-7(14)6-9(8)16-12/h4-6H,14H2,1-3H3,(H,15,16). The first kappa shape index (κ1) is 12.1. The maximum Gasteiger partial charge on any atom is 0.152 e. The predicted molar refractivity (Wildman–Crippen MR) is 78.1 cm³/mol. The Bertz CT molecular complexity index is 735. The Morgan fingerprint density at radius 2 is 2.05 bits per heavy atom. The lowest BCUT2D eigenvalue weighted by Crippen LogP contribution is -2.13. The third kappa shape index (κ3) is 2.08. The molecule has 0 saturated carbocycles. The maximum absolute atomic E-state index is 5.78. The Morgan fingerprint density at radius 3 is 2.79 bits per heavy atom. The summed E-state index contributed by atoms with van der Waals surface area (Å²) in [6.45, 7) is 6.36. The van der Waals surface area contributed by atoms with Crippen LogP contribution in [0.3, 0.4) is 0 Å². The van der Waals surface area contributed by atoms with Crippen LogP contribution in [-0.4, -0.2) is 19.6 Å². The number of nitrogens with one attached hydrogen (secondary N) is 1. The monoisotopic (exact) mass is 273 g/mol. The summed E-state index contributed by atoms with van der Waals surface area (Å²) >= 11 is 1.36. The number of hydrogen-bond donors (Lipinski definition) is 2. The molecule has 5 nitrogen and oxygen atoms in total. The zero-order chi connectivity index (χ0) is 13.6. The molecule has 1 aromatic carbocycles. The van der Waals surface area contributed by atoms with Crippen LogP contribution in [0.2, 0.25) is 0 Å². The molecule has 3 rings (SSSR count). The number of fused-ring (bicyclic) bond motifs is 1. The smallest absolute Gasteiger partial charge is 0.152 e. The van der Waals surface area contributed by atoms with Crippen LogP contribution >= 0.6 is 11.5 Å². The summed E-state index contributed by atoms with van der Waals surface area (Å²) in [6.07, 6.45) is 0. The number of nitrogens with two attached hydrogens (primary N) is 1. The van der Waals surface area contributed by atoms with Crippen molar-refractivity contribution >= 4 is 28.3 Å². The second kappa shape index (κ2) is 4.03. The van der Waals surface area contributed by atoms with Gasteiger partial charge in [-0.2, -0.15) is 0 Å². The second-order valence-electron chi connectivity index (χ2n) is 5.56. The van der Waals surface area contributed by atoms with Gasteiger partial charge in [-0.15, -0.1) is 5.10 Å². The molecular formula is C13H15N5S. The largest absolute Gasteiger partial charge is 0.399 e. The van der Waals surface area contributed by atoms with Crippen molar-refractivity contribution in [3.05, 3.63) is 23.9 Å². The number of benzene rings is 1. The summed E-state index contributed by atoms with van der Waals surface area (Å²) in [5.74, 6) is 0.806. The molecule has 0 fully saturated rings. The molecule has 2 aromatic heterocycles. The molecule has 0 amide bonds. The number of aromatic amines is 1. The molecule has 3 aromatic rings. The molecule has 0 unspecified atom stereocenters. The zero-order valence-electron chi connectivity index (χ0n) is 11.1. The molecule has 0 spiro atoms. The average molecular weight is 273 g/mol. The van der Waals surface area contributed by atoms with Crippen LogP contribution in [0.4, 0.5) is 5.69 Å². The fourth-order valence-electron chi connectivity index (χ4n) is 1.97. The number of rotatable bonds is 1. The number of imidazole rings is 1. The van der Waals surface area contributed by atoms with Crippen LogP contribution in [0, 0.1) is 0 Å². The number of H-pyrrole nitrogens is 1. The van der Waals surface area contributed by atoms with E-state index in [1.165, 1.54) is 11.5 Å². The van der Waals surface area contributed by atoms with Crippen molar-refractivity contribution in [2.75, 3.05) is 5.73 Å². The lowest BCUT2D eigenvalue weighted by Gasteiger charge is -2.15. The van der Waals surface area contributed by atoms with Gasteiger partial charge in [0.05, 0.1) is 16.7 Å². The first-order chi connectivity index (χ1) is 8.95. The van der Waals surface area contributed by atoms with Crippen LogP contribution < -0.4 is 5.73 Å². The van der Waals surface area contributed by atoms with Gasteiger partial charge in [-0.1, -0.05) is 25.3 Å². The van der Waals surface area contributed by atoms with Gasteiger partial charge in [-0.3, -0.25) is 0 Å². The fourth-order valence-corrected chi connectivity index (χ4v) is 2.79. The highest BCUT2D eigenvalue weighted by molar-refractivity contribution is 7.09. The number of anilines is 1. The number of nitrogen functional groups attached to an aromatic ring is 1. The van der Waals surface area contributed by atoms with Gasteiger partial charge in [-0.25, -0.2) is 4.98 Å². The van der Waals surface area contributed by atoms with Crippen LogP contribution in [-0.2, 0) is 5.41 Å². The fraction of sp³-hybridized carbons (Fsp3) is 0.308. The third-order valence-corrected chi connectivity index (χ3v) is 3.65. The highest BCUT2D eigenvalue weighted by Crippen LogP contribution is 2.33. The minimum atomic E-state index is -0.0552. The van der Waals surface area contributed by atoms with Crippen molar-refractivity contribution in [2.24, 2.45) is 0 Å². The molecule has 0 radical (unpaired) electrons. The topological polar surface area (TPSA) is 80.5 Å². The molecule has 0 atom stereocenters. The molecule has 98 valence electrons. The van der Waals surface area contributed by atoms with Gasteiger partial charge in [0.25, 0.3) is 0 Å². The predicted octanol–water partition coefficient (Wildman–Crippen LogP) is 2.96. The van der Waals surface area contributed by atoms with Gasteiger partial charge in [0.15, 0.2) is 5.82 Å². The molecular weight excluding hydrogens is 258 g/mol. The molecule has 0 aliphatic heterocycles. The zero-order valence-corrected chi connectivity index (χ0v) is 11.9. The van der Waals surface area contributed by atoms with Crippen molar-refractivity contribution in [3.63, 3.8) is 0 Å². The van der Waals surface area contributed by atoms with E-state index in [1.54, 1.807) is 0 Å². The van der Waals surface area contributed by atoms with Crippen molar-refractivity contribution in [1.29, 1.82) is 0 Å². The maximum atomic E-state index is 5.78. The van der Waals surface area contributed by atoms with Gasteiger partial charge in [0.2, 0.25) is 0 Å². The first-order valence-electron chi connectivity index (χ1n) is 6.03. The van der Waals surface area contributed by atoms with E-state index in [0.29, 0.717) is 0 Å². The molecule has 0 bridgehead atoms. The Hall–Kier alpha value is -1.95. The highest BCUT2D eigenvalue weighted by Gasteiger charge is 2.24. The molecule has 19 heavy (non-hydrogen) atoms. The lowest BCUT2D eigenvalue weighted by molar-refractivity contribution is 0.568. The van der Waals surface area contributed by atoms with Crippen molar-refractivity contribution < 1.29 is 0 Å².